The van der Waals surface area contributed by atoms with Gasteiger partial charge in [-0.05, 0) is 72.5 Å². The van der Waals surface area contributed by atoms with E-state index in [9.17, 15) is 40.3 Å². The zero-order chi connectivity index (χ0) is 30.7. The van der Waals surface area contributed by atoms with Gasteiger partial charge in [0.2, 0.25) is 0 Å². The smallest absolute Gasteiger partial charge is 0.394 e. The van der Waals surface area contributed by atoms with Crippen LogP contribution in [0.2, 0.25) is 0 Å². The Bertz CT molecular complexity index is 1460. The minimum atomic E-state index is -4.47. The van der Waals surface area contributed by atoms with E-state index in [0.29, 0.717) is 23.2 Å². The molecular formula is C30H31F5N2O4S. The summed E-state index contributed by atoms with van der Waals surface area (Å²) in [7, 11) is -3.40. The minimum absolute atomic E-state index is 0.0618. The molecule has 3 aromatic carbocycles. The number of alkyl halides is 5. The van der Waals surface area contributed by atoms with Crippen LogP contribution in [0.1, 0.15) is 58.8 Å². The van der Waals surface area contributed by atoms with E-state index in [1.807, 2.05) is 0 Å². The van der Waals surface area contributed by atoms with Crippen LogP contribution in [0, 0.1) is 0 Å². The third-order valence-electron chi connectivity index (χ3n) is 7.60. The number of nitrogens with zero attached hydrogens (tertiary/aromatic N) is 1. The maximum absolute atomic E-state index is 13.9. The molecule has 6 nitrogen and oxygen atoms in total. The van der Waals surface area contributed by atoms with Gasteiger partial charge in [-0.1, -0.05) is 31.2 Å². The Hall–Kier alpha value is -3.51. The van der Waals surface area contributed by atoms with Gasteiger partial charge in [-0.3, -0.25) is 4.79 Å². The SMILES string of the molecule is CCS(=O)(=O)c1ccc([C@H](CO)NC(=O)c2ccc(N3CC(c4ccc(C(F)(F)F)cc4)CC[C@H]3C(F)F)cc2)cc1. The Kier molecular flexibility index (Phi) is 9.56. The molecule has 1 amide bonds. The Morgan fingerprint density at radius 2 is 1.60 bits per heavy atom. The second-order valence-electron chi connectivity index (χ2n) is 10.2. The Labute approximate surface area is 241 Å². The van der Waals surface area contributed by atoms with E-state index in [1.165, 1.54) is 72.5 Å². The highest BCUT2D eigenvalue weighted by Crippen LogP contribution is 2.37. The van der Waals surface area contributed by atoms with Gasteiger partial charge in [0.1, 0.15) is 0 Å². The number of benzene rings is 3. The molecule has 1 fully saturated rings. The molecule has 3 aromatic rings. The minimum Gasteiger partial charge on any atom is -0.394 e. The first kappa shape index (κ1) is 31.4. The fourth-order valence-corrected chi connectivity index (χ4v) is 6.01. The molecule has 1 aliphatic rings. The molecule has 1 unspecified atom stereocenters. The molecule has 1 aliphatic heterocycles. The quantitative estimate of drug-likeness (QED) is 0.291. The number of aliphatic hydroxyl groups is 1. The first-order valence-corrected chi connectivity index (χ1v) is 15.1. The normalized spacial score (nSPS) is 18.6. The number of halogens is 5. The largest absolute Gasteiger partial charge is 0.416 e. The lowest BCUT2D eigenvalue weighted by Gasteiger charge is -2.41. The number of anilines is 1. The van der Waals surface area contributed by atoms with Crippen LogP contribution in [0.25, 0.3) is 0 Å². The molecule has 0 aliphatic carbocycles. The average molecular weight is 611 g/mol. The van der Waals surface area contributed by atoms with Crippen molar-refractivity contribution in [3.8, 4) is 0 Å². The molecule has 0 radical (unpaired) electrons. The lowest BCUT2D eigenvalue weighted by atomic mass is 9.86. The molecule has 1 heterocycles. The molecule has 0 spiro atoms. The van der Waals surface area contributed by atoms with Gasteiger partial charge in [0.25, 0.3) is 12.3 Å². The predicted molar refractivity (Wildman–Crippen MR) is 148 cm³/mol. The van der Waals surface area contributed by atoms with Gasteiger partial charge in [0.05, 0.1) is 34.9 Å². The van der Waals surface area contributed by atoms with Crippen molar-refractivity contribution in [2.45, 2.75) is 55.3 Å². The second-order valence-corrected chi connectivity index (χ2v) is 12.5. The molecule has 0 aromatic heterocycles. The summed E-state index contributed by atoms with van der Waals surface area (Å²) in [4.78, 5) is 14.6. The third kappa shape index (κ3) is 7.09. The summed E-state index contributed by atoms with van der Waals surface area (Å²) in [5, 5.41) is 12.5. The zero-order valence-electron chi connectivity index (χ0n) is 22.7. The Morgan fingerprint density at radius 1 is 0.976 bits per heavy atom. The zero-order valence-corrected chi connectivity index (χ0v) is 23.5. The van der Waals surface area contributed by atoms with E-state index < -0.39 is 52.6 Å². The van der Waals surface area contributed by atoms with Crippen molar-refractivity contribution in [2.24, 2.45) is 0 Å². The van der Waals surface area contributed by atoms with E-state index in [0.717, 1.165) is 12.1 Å². The van der Waals surface area contributed by atoms with Crippen LogP contribution in [-0.2, 0) is 16.0 Å². The first-order chi connectivity index (χ1) is 19.8. The van der Waals surface area contributed by atoms with Gasteiger partial charge in [0.15, 0.2) is 9.84 Å². The number of aliphatic hydroxyl groups excluding tert-OH is 1. The van der Waals surface area contributed by atoms with Gasteiger partial charge >= 0.3 is 6.18 Å². The van der Waals surface area contributed by atoms with E-state index in [-0.39, 0.29) is 35.1 Å². The van der Waals surface area contributed by atoms with Crippen LogP contribution < -0.4 is 10.2 Å². The van der Waals surface area contributed by atoms with Crippen molar-refractivity contribution in [1.29, 1.82) is 0 Å². The number of hydrogen-bond donors (Lipinski definition) is 2. The summed E-state index contributed by atoms with van der Waals surface area (Å²) in [6.07, 6.45) is -6.58. The predicted octanol–water partition coefficient (Wildman–Crippen LogP) is 5.98. The van der Waals surface area contributed by atoms with Crippen LogP contribution in [0.5, 0.6) is 0 Å². The molecule has 2 N–H and O–H groups in total. The third-order valence-corrected chi connectivity index (χ3v) is 9.35. The van der Waals surface area contributed by atoms with E-state index >= 15 is 0 Å². The molecule has 3 atom stereocenters. The average Bonchev–Trinajstić information content (AvgIpc) is 2.99. The topological polar surface area (TPSA) is 86.7 Å². The van der Waals surface area contributed by atoms with E-state index in [2.05, 4.69) is 5.32 Å². The monoisotopic (exact) mass is 610 g/mol. The highest BCUT2D eigenvalue weighted by atomic mass is 32.2. The summed E-state index contributed by atoms with van der Waals surface area (Å²) in [5.41, 5.74) is 1.02. The molecule has 1 saturated heterocycles. The number of nitrogens with one attached hydrogen (secondary N) is 1. The molecule has 4 rings (SSSR count). The van der Waals surface area contributed by atoms with Crippen molar-refractivity contribution in [3.05, 3.63) is 95.1 Å². The van der Waals surface area contributed by atoms with Crippen LogP contribution in [0.15, 0.2) is 77.7 Å². The summed E-state index contributed by atoms with van der Waals surface area (Å²) in [6.45, 7) is 1.25. The van der Waals surface area contributed by atoms with Crippen molar-refractivity contribution >= 4 is 21.4 Å². The van der Waals surface area contributed by atoms with E-state index in [4.69, 9.17) is 0 Å². The van der Waals surface area contributed by atoms with Gasteiger partial charge in [-0.15, -0.1) is 0 Å². The number of piperidine rings is 1. The fraction of sp³-hybridized carbons (Fsp3) is 0.367. The van der Waals surface area contributed by atoms with Crippen molar-refractivity contribution in [1.82, 2.24) is 5.32 Å². The number of rotatable bonds is 9. The molecule has 42 heavy (non-hydrogen) atoms. The highest BCUT2D eigenvalue weighted by Gasteiger charge is 2.36. The van der Waals surface area contributed by atoms with Gasteiger partial charge in [-0.25, -0.2) is 17.2 Å². The Morgan fingerprint density at radius 3 is 2.12 bits per heavy atom. The standard InChI is InChI=1S/C30H31F5N2O4S/c1-2-42(40,41)25-14-7-20(8-15-25)26(18-38)36-29(39)21-5-12-24(13-6-21)37-17-22(9-16-27(37)28(31)32)19-3-10-23(11-4-19)30(33,34)35/h3-8,10-15,22,26-28,38H,2,9,16-18H2,1H3,(H,36,39)/t22?,26-,27-/m0/s1. The summed E-state index contributed by atoms with van der Waals surface area (Å²) in [6, 6.07) is 14.7. The van der Waals surface area contributed by atoms with Crippen LogP contribution in [0.4, 0.5) is 27.6 Å². The lowest BCUT2D eigenvalue weighted by Crippen LogP contribution is -2.46. The number of carbonyl (C=O) groups excluding carboxylic acids is 1. The number of sulfone groups is 1. The maximum atomic E-state index is 13.9. The summed E-state index contributed by atoms with van der Waals surface area (Å²) < 4.78 is 90.9. The lowest BCUT2D eigenvalue weighted by molar-refractivity contribution is -0.137. The molecular weight excluding hydrogens is 579 g/mol. The maximum Gasteiger partial charge on any atom is 0.416 e. The Balaban J connectivity index is 1.48. The van der Waals surface area contributed by atoms with E-state index in [1.54, 1.807) is 0 Å². The summed E-state index contributed by atoms with van der Waals surface area (Å²) in [5.74, 6) is -0.847. The number of carbonyl (C=O) groups is 1. The second kappa shape index (κ2) is 12.8. The van der Waals surface area contributed by atoms with Crippen molar-refractivity contribution in [2.75, 3.05) is 23.8 Å². The molecule has 0 saturated carbocycles. The van der Waals surface area contributed by atoms with Gasteiger partial charge < -0.3 is 15.3 Å². The fourth-order valence-electron chi connectivity index (χ4n) is 5.12. The van der Waals surface area contributed by atoms with Crippen molar-refractivity contribution in [3.63, 3.8) is 0 Å². The summed E-state index contributed by atoms with van der Waals surface area (Å²) >= 11 is 0. The number of amides is 1. The molecule has 0 bridgehead atoms. The first-order valence-electron chi connectivity index (χ1n) is 13.4. The number of hydrogen-bond acceptors (Lipinski definition) is 5. The van der Waals surface area contributed by atoms with Crippen LogP contribution >= 0.6 is 0 Å². The van der Waals surface area contributed by atoms with Crippen LogP contribution in [0.3, 0.4) is 0 Å². The molecule has 226 valence electrons. The van der Waals surface area contributed by atoms with Gasteiger partial charge in [0, 0.05) is 23.7 Å². The molecule has 12 heteroatoms. The van der Waals surface area contributed by atoms with Gasteiger partial charge in [-0.2, -0.15) is 13.2 Å². The van der Waals surface area contributed by atoms with Crippen LogP contribution in [-0.4, -0.2) is 50.8 Å². The van der Waals surface area contributed by atoms with Crippen molar-refractivity contribution < 1.29 is 40.3 Å². The highest BCUT2D eigenvalue weighted by molar-refractivity contribution is 7.91.